The van der Waals surface area contributed by atoms with Crippen molar-refractivity contribution in [3.63, 3.8) is 0 Å². The Kier molecular flexibility index (Phi) is 6.29. The van der Waals surface area contributed by atoms with Crippen LogP contribution in [-0.2, 0) is 20.7 Å². The average Bonchev–Trinajstić information content (AvgIpc) is 3.13. The van der Waals surface area contributed by atoms with Crippen LogP contribution < -0.4 is 0 Å². The van der Waals surface area contributed by atoms with E-state index in [-0.39, 0.29) is 17.5 Å². The SMILES string of the molecule is COC(=O)C(=O)C=C(O)c1oc(C2CCCCC2)cc1Cc1ccc(F)cc1. The Balaban J connectivity index is 1.94. The zero-order valence-electron chi connectivity index (χ0n) is 15.7. The first-order valence-corrected chi connectivity index (χ1v) is 9.38. The third-order valence-corrected chi connectivity index (χ3v) is 5.03. The van der Waals surface area contributed by atoms with Gasteiger partial charge in [0, 0.05) is 24.0 Å². The number of rotatable bonds is 6. The topological polar surface area (TPSA) is 76.7 Å². The molecule has 1 aromatic heterocycles. The van der Waals surface area contributed by atoms with Crippen LogP contribution in [0.15, 0.2) is 40.8 Å². The Morgan fingerprint density at radius 3 is 2.54 bits per heavy atom. The lowest BCUT2D eigenvalue weighted by molar-refractivity contribution is -0.149. The van der Waals surface area contributed by atoms with E-state index in [1.165, 1.54) is 18.6 Å². The fourth-order valence-corrected chi connectivity index (χ4v) is 3.56. The Hall–Kier alpha value is -2.89. The van der Waals surface area contributed by atoms with Gasteiger partial charge in [-0.1, -0.05) is 31.4 Å². The van der Waals surface area contributed by atoms with E-state index < -0.39 is 17.5 Å². The predicted molar refractivity (Wildman–Crippen MR) is 101 cm³/mol. The Morgan fingerprint density at radius 2 is 1.89 bits per heavy atom. The van der Waals surface area contributed by atoms with Gasteiger partial charge in [-0.15, -0.1) is 0 Å². The lowest BCUT2D eigenvalue weighted by atomic mass is 9.87. The first kappa shape index (κ1) is 19.9. The standard InChI is InChI=1S/C22H23FO5/c1-27-22(26)19(25)13-18(24)21-16(11-14-7-9-17(23)10-8-14)12-20(28-21)15-5-3-2-4-6-15/h7-10,12-13,15,24H,2-6,11H2,1H3. The van der Waals surface area contributed by atoms with Gasteiger partial charge in [-0.05, 0) is 36.6 Å². The second kappa shape index (κ2) is 8.87. The van der Waals surface area contributed by atoms with Gasteiger partial charge in [0.1, 0.15) is 11.6 Å². The van der Waals surface area contributed by atoms with E-state index >= 15 is 0 Å². The monoisotopic (exact) mass is 386 g/mol. The zero-order valence-corrected chi connectivity index (χ0v) is 15.7. The van der Waals surface area contributed by atoms with E-state index in [1.807, 2.05) is 6.07 Å². The predicted octanol–water partition coefficient (Wildman–Crippen LogP) is 4.70. The maximum atomic E-state index is 13.2. The molecule has 0 aliphatic heterocycles. The lowest BCUT2D eigenvalue weighted by Crippen LogP contribution is -2.13. The highest BCUT2D eigenvalue weighted by Gasteiger charge is 2.24. The number of hydrogen-bond donors (Lipinski definition) is 1. The van der Waals surface area contributed by atoms with Crippen LogP contribution in [0.2, 0.25) is 0 Å². The van der Waals surface area contributed by atoms with Gasteiger partial charge in [-0.2, -0.15) is 0 Å². The summed E-state index contributed by atoms with van der Waals surface area (Å²) in [5.41, 5.74) is 1.52. The smallest absolute Gasteiger partial charge is 0.378 e. The number of aliphatic hydroxyl groups excluding tert-OH is 1. The zero-order chi connectivity index (χ0) is 20.1. The van der Waals surface area contributed by atoms with Crippen LogP contribution in [0.3, 0.4) is 0 Å². The van der Waals surface area contributed by atoms with Gasteiger partial charge >= 0.3 is 5.97 Å². The average molecular weight is 386 g/mol. The molecule has 0 amide bonds. The van der Waals surface area contributed by atoms with Gasteiger partial charge < -0.3 is 14.3 Å². The fourth-order valence-electron chi connectivity index (χ4n) is 3.56. The van der Waals surface area contributed by atoms with Crippen molar-refractivity contribution in [3.8, 4) is 0 Å². The summed E-state index contributed by atoms with van der Waals surface area (Å²) in [7, 11) is 1.10. The molecule has 1 heterocycles. The molecule has 3 rings (SSSR count). The highest BCUT2D eigenvalue weighted by molar-refractivity contribution is 6.39. The minimum atomic E-state index is -1.06. The molecule has 1 fully saturated rings. The number of carbonyl (C=O) groups is 2. The van der Waals surface area contributed by atoms with E-state index in [0.717, 1.165) is 50.2 Å². The maximum absolute atomic E-state index is 13.2. The molecule has 0 bridgehead atoms. The van der Waals surface area contributed by atoms with E-state index in [0.29, 0.717) is 12.0 Å². The number of carbonyl (C=O) groups excluding carboxylic acids is 2. The van der Waals surface area contributed by atoms with E-state index in [2.05, 4.69) is 4.74 Å². The minimum absolute atomic E-state index is 0.155. The fraction of sp³-hybridized carbons (Fsp3) is 0.364. The van der Waals surface area contributed by atoms with Gasteiger partial charge in [-0.25, -0.2) is 9.18 Å². The van der Waals surface area contributed by atoms with Crippen LogP contribution in [0, 0.1) is 5.82 Å². The summed E-state index contributed by atoms with van der Waals surface area (Å²) < 4.78 is 23.5. The molecule has 0 radical (unpaired) electrons. The first-order chi connectivity index (χ1) is 13.5. The largest absolute Gasteiger partial charge is 0.504 e. The number of furan rings is 1. The van der Waals surface area contributed by atoms with Crippen LogP contribution in [0.4, 0.5) is 4.39 Å². The first-order valence-electron chi connectivity index (χ1n) is 9.38. The summed E-state index contributed by atoms with van der Waals surface area (Å²) in [5.74, 6) is -1.60. The van der Waals surface area contributed by atoms with Gasteiger partial charge in [0.2, 0.25) is 0 Å². The number of esters is 1. The van der Waals surface area contributed by atoms with Crippen LogP contribution in [0.5, 0.6) is 0 Å². The van der Waals surface area contributed by atoms with Gasteiger partial charge in [-0.3, -0.25) is 4.79 Å². The molecule has 5 nitrogen and oxygen atoms in total. The molecule has 1 aromatic carbocycles. The van der Waals surface area contributed by atoms with Crippen molar-refractivity contribution in [1.29, 1.82) is 0 Å². The number of benzene rings is 1. The maximum Gasteiger partial charge on any atom is 0.378 e. The summed E-state index contributed by atoms with van der Waals surface area (Å²) >= 11 is 0. The van der Waals surface area contributed by atoms with E-state index in [1.54, 1.807) is 12.1 Å². The van der Waals surface area contributed by atoms with Crippen molar-refractivity contribution >= 4 is 17.5 Å². The van der Waals surface area contributed by atoms with Crippen LogP contribution >= 0.6 is 0 Å². The molecular formula is C22H23FO5. The third kappa shape index (κ3) is 4.68. The molecule has 0 spiro atoms. The Morgan fingerprint density at radius 1 is 1.21 bits per heavy atom. The van der Waals surface area contributed by atoms with Crippen LogP contribution in [0.25, 0.3) is 5.76 Å². The molecule has 148 valence electrons. The van der Waals surface area contributed by atoms with Crippen molar-refractivity contribution in [1.82, 2.24) is 0 Å². The molecule has 1 N–H and O–H groups in total. The minimum Gasteiger partial charge on any atom is -0.504 e. The number of aliphatic hydroxyl groups is 1. The Bertz CT molecular complexity index is 873. The van der Waals surface area contributed by atoms with Gasteiger partial charge in [0.05, 0.1) is 7.11 Å². The normalized spacial score (nSPS) is 15.4. The second-order valence-electron chi connectivity index (χ2n) is 7.03. The molecule has 1 aliphatic carbocycles. The summed E-state index contributed by atoms with van der Waals surface area (Å²) in [4.78, 5) is 23.1. The molecule has 0 atom stereocenters. The molecule has 0 saturated heterocycles. The molecule has 0 unspecified atom stereocenters. The number of ketones is 1. The highest BCUT2D eigenvalue weighted by Crippen LogP contribution is 2.36. The number of hydrogen-bond acceptors (Lipinski definition) is 5. The summed E-state index contributed by atoms with van der Waals surface area (Å²) in [5, 5.41) is 10.4. The van der Waals surface area contributed by atoms with Crippen molar-refractivity contribution in [3.05, 3.63) is 64.9 Å². The number of ether oxygens (including phenoxy) is 1. The van der Waals surface area contributed by atoms with E-state index in [4.69, 9.17) is 4.42 Å². The second-order valence-corrected chi connectivity index (χ2v) is 7.03. The summed E-state index contributed by atoms with van der Waals surface area (Å²) in [6, 6.07) is 7.95. The molecule has 1 saturated carbocycles. The van der Waals surface area contributed by atoms with Crippen molar-refractivity contribution < 1.29 is 28.2 Å². The van der Waals surface area contributed by atoms with Gasteiger partial charge in [0.25, 0.3) is 5.78 Å². The number of methoxy groups -OCH3 is 1. The molecule has 6 heteroatoms. The molecule has 2 aromatic rings. The van der Waals surface area contributed by atoms with Crippen molar-refractivity contribution in [2.45, 2.75) is 44.4 Å². The molecule has 1 aliphatic rings. The van der Waals surface area contributed by atoms with Gasteiger partial charge in [0.15, 0.2) is 11.5 Å². The highest BCUT2D eigenvalue weighted by atomic mass is 19.1. The summed E-state index contributed by atoms with van der Waals surface area (Å²) in [6.45, 7) is 0. The van der Waals surface area contributed by atoms with Crippen LogP contribution in [-0.4, -0.2) is 24.0 Å². The molecular weight excluding hydrogens is 363 g/mol. The van der Waals surface area contributed by atoms with E-state index in [9.17, 15) is 19.1 Å². The Labute approximate surface area is 162 Å². The molecule has 28 heavy (non-hydrogen) atoms. The third-order valence-electron chi connectivity index (χ3n) is 5.03. The number of halogens is 1. The van der Waals surface area contributed by atoms with Crippen molar-refractivity contribution in [2.75, 3.05) is 7.11 Å². The van der Waals surface area contributed by atoms with Crippen molar-refractivity contribution in [2.24, 2.45) is 0 Å². The lowest BCUT2D eigenvalue weighted by Gasteiger charge is -2.19. The summed E-state index contributed by atoms with van der Waals surface area (Å²) in [6.07, 6.45) is 6.67. The van der Waals surface area contributed by atoms with Crippen LogP contribution in [0.1, 0.15) is 60.7 Å². The quantitative estimate of drug-likeness (QED) is 0.337.